The fourth-order valence-corrected chi connectivity index (χ4v) is 2.67. The van der Waals surface area contributed by atoms with Crippen molar-refractivity contribution < 1.29 is 19.2 Å². The minimum absolute atomic E-state index is 0.0438. The number of hydrogen-bond donors (Lipinski definition) is 1. The number of nitrogens with zero attached hydrogens (tertiary/aromatic N) is 1. The van der Waals surface area contributed by atoms with E-state index in [1.165, 1.54) is 24.3 Å². The van der Waals surface area contributed by atoms with Gasteiger partial charge in [0.05, 0.1) is 16.9 Å². The summed E-state index contributed by atoms with van der Waals surface area (Å²) in [5.74, 6) is 0.0339. The van der Waals surface area contributed by atoms with Gasteiger partial charge in [0.2, 0.25) is 0 Å². The highest BCUT2D eigenvalue weighted by molar-refractivity contribution is 6.06. The fraction of sp³-hybridized carbons (Fsp3) is 0.222. The average Bonchev–Trinajstić information content (AvgIpc) is 2.54. The van der Waals surface area contributed by atoms with Crippen LogP contribution in [0.3, 0.4) is 0 Å². The molecule has 0 saturated carbocycles. The maximum absolute atomic E-state index is 12.3. The molecule has 0 atom stereocenters. The van der Waals surface area contributed by atoms with E-state index in [4.69, 9.17) is 4.74 Å². The Morgan fingerprint density at radius 1 is 1.20 bits per heavy atom. The van der Waals surface area contributed by atoms with Crippen LogP contribution in [0.5, 0.6) is 5.75 Å². The van der Waals surface area contributed by atoms with Crippen LogP contribution in [0, 0.1) is 10.1 Å². The monoisotopic (exact) mass is 340 g/mol. The molecule has 128 valence electrons. The van der Waals surface area contributed by atoms with Crippen LogP contribution >= 0.6 is 0 Å². The summed E-state index contributed by atoms with van der Waals surface area (Å²) in [6.07, 6.45) is 0.264. The number of nitro benzene ring substituents is 1. The molecule has 0 fully saturated rings. The SMILES string of the molecule is CC1(C)CC(=O)c2cc(NC(=O)c3ccc([N+](=O)[O-])cc3)ccc2O1. The number of non-ortho nitro benzene ring substituents is 1. The molecule has 7 heteroatoms. The Hall–Kier alpha value is -3.22. The van der Waals surface area contributed by atoms with Crippen molar-refractivity contribution in [2.45, 2.75) is 25.9 Å². The molecule has 0 radical (unpaired) electrons. The highest BCUT2D eigenvalue weighted by atomic mass is 16.6. The first kappa shape index (κ1) is 16.6. The number of hydrogen-bond acceptors (Lipinski definition) is 5. The summed E-state index contributed by atoms with van der Waals surface area (Å²) in [5.41, 5.74) is 0.537. The number of ketones is 1. The lowest BCUT2D eigenvalue weighted by molar-refractivity contribution is -0.384. The first-order valence-electron chi connectivity index (χ1n) is 7.67. The van der Waals surface area contributed by atoms with Crippen molar-refractivity contribution >= 4 is 23.1 Å². The van der Waals surface area contributed by atoms with Gasteiger partial charge in [0.15, 0.2) is 5.78 Å². The Balaban J connectivity index is 1.79. The summed E-state index contributed by atoms with van der Waals surface area (Å²) < 4.78 is 5.77. The molecule has 0 spiro atoms. The van der Waals surface area contributed by atoms with E-state index in [1.807, 2.05) is 13.8 Å². The number of anilines is 1. The van der Waals surface area contributed by atoms with Crippen LogP contribution in [0.15, 0.2) is 42.5 Å². The van der Waals surface area contributed by atoms with Gasteiger partial charge in [-0.25, -0.2) is 0 Å². The third-order valence-corrected chi connectivity index (χ3v) is 3.85. The van der Waals surface area contributed by atoms with Gasteiger partial charge in [-0.3, -0.25) is 19.7 Å². The third kappa shape index (κ3) is 3.50. The Morgan fingerprint density at radius 3 is 2.52 bits per heavy atom. The summed E-state index contributed by atoms with van der Waals surface area (Å²) >= 11 is 0. The molecule has 1 aliphatic heterocycles. The predicted molar refractivity (Wildman–Crippen MR) is 91.1 cm³/mol. The van der Waals surface area contributed by atoms with Crippen molar-refractivity contribution in [1.29, 1.82) is 0 Å². The van der Waals surface area contributed by atoms with Crippen molar-refractivity contribution in [3.8, 4) is 5.75 Å². The number of carbonyl (C=O) groups excluding carboxylic acids is 2. The predicted octanol–water partition coefficient (Wildman–Crippen LogP) is 3.59. The van der Waals surface area contributed by atoms with Gasteiger partial charge in [0.1, 0.15) is 11.4 Å². The molecule has 1 heterocycles. The second kappa shape index (κ2) is 6.01. The van der Waals surface area contributed by atoms with E-state index in [0.717, 1.165) is 0 Å². The Kier molecular flexibility index (Phi) is 4.00. The van der Waals surface area contributed by atoms with Gasteiger partial charge in [-0.05, 0) is 44.2 Å². The van der Waals surface area contributed by atoms with Gasteiger partial charge >= 0.3 is 0 Å². The maximum atomic E-state index is 12.3. The van der Waals surface area contributed by atoms with Gasteiger partial charge in [-0.15, -0.1) is 0 Å². The van der Waals surface area contributed by atoms with Crippen LogP contribution in [0.2, 0.25) is 0 Å². The first-order valence-corrected chi connectivity index (χ1v) is 7.67. The molecule has 0 aliphatic carbocycles. The number of ether oxygens (including phenoxy) is 1. The molecule has 7 nitrogen and oxygen atoms in total. The molecule has 2 aromatic rings. The van der Waals surface area contributed by atoms with Crippen molar-refractivity contribution in [2.75, 3.05) is 5.32 Å². The van der Waals surface area contributed by atoms with Crippen molar-refractivity contribution in [3.63, 3.8) is 0 Å². The van der Waals surface area contributed by atoms with Crippen LogP contribution in [0.25, 0.3) is 0 Å². The molecular formula is C18H16N2O5. The lowest BCUT2D eigenvalue weighted by Crippen LogP contribution is -2.35. The maximum Gasteiger partial charge on any atom is 0.269 e. The van der Waals surface area contributed by atoms with Crippen LogP contribution in [0.4, 0.5) is 11.4 Å². The molecule has 3 rings (SSSR count). The summed E-state index contributed by atoms with van der Waals surface area (Å²) in [6, 6.07) is 10.2. The minimum Gasteiger partial charge on any atom is -0.487 e. The van der Waals surface area contributed by atoms with E-state index in [1.54, 1.807) is 18.2 Å². The third-order valence-electron chi connectivity index (χ3n) is 3.85. The van der Waals surface area contributed by atoms with E-state index in [2.05, 4.69) is 5.32 Å². The molecule has 1 aliphatic rings. The zero-order valence-corrected chi connectivity index (χ0v) is 13.7. The second-order valence-corrected chi connectivity index (χ2v) is 6.43. The number of fused-ring (bicyclic) bond motifs is 1. The largest absolute Gasteiger partial charge is 0.487 e. The van der Waals surface area contributed by atoms with Gasteiger partial charge in [0.25, 0.3) is 11.6 Å². The molecule has 0 saturated heterocycles. The van der Waals surface area contributed by atoms with E-state index < -0.39 is 16.4 Å². The van der Waals surface area contributed by atoms with E-state index >= 15 is 0 Å². The number of rotatable bonds is 3. The molecule has 25 heavy (non-hydrogen) atoms. The number of nitro groups is 1. The van der Waals surface area contributed by atoms with Crippen molar-refractivity contribution in [1.82, 2.24) is 0 Å². The minimum atomic E-state index is -0.548. The van der Waals surface area contributed by atoms with Crippen LogP contribution in [-0.2, 0) is 0 Å². The van der Waals surface area contributed by atoms with Crippen LogP contribution < -0.4 is 10.1 Å². The topological polar surface area (TPSA) is 98.5 Å². The Bertz CT molecular complexity index is 872. The van der Waals surface area contributed by atoms with Gasteiger partial charge in [-0.2, -0.15) is 0 Å². The highest BCUT2D eigenvalue weighted by Gasteiger charge is 2.32. The summed E-state index contributed by atoms with van der Waals surface area (Å²) in [4.78, 5) is 34.6. The van der Waals surface area contributed by atoms with Gasteiger partial charge < -0.3 is 10.1 Å². The zero-order chi connectivity index (χ0) is 18.2. The second-order valence-electron chi connectivity index (χ2n) is 6.43. The molecular weight excluding hydrogens is 324 g/mol. The van der Waals surface area contributed by atoms with E-state index in [9.17, 15) is 19.7 Å². The zero-order valence-electron chi connectivity index (χ0n) is 13.7. The number of amides is 1. The van der Waals surface area contributed by atoms with E-state index in [0.29, 0.717) is 17.0 Å². The van der Waals surface area contributed by atoms with Crippen molar-refractivity contribution in [3.05, 3.63) is 63.7 Å². The average molecular weight is 340 g/mol. The fourth-order valence-electron chi connectivity index (χ4n) is 2.67. The molecule has 1 N–H and O–H groups in total. The number of Topliss-reactive ketones (excluding diaryl/α,β-unsaturated/α-hetero) is 1. The molecule has 0 bridgehead atoms. The van der Waals surface area contributed by atoms with Crippen LogP contribution in [0.1, 0.15) is 41.0 Å². The lowest BCUT2D eigenvalue weighted by Gasteiger charge is -2.31. The molecule has 1 amide bonds. The number of benzene rings is 2. The standard InChI is InChI=1S/C18H16N2O5/c1-18(2)10-15(21)14-9-12(5-8-16(14)25-18)19-17(22)11-3-6-13(7-4-11)20(23)24/h3-9H,10H2,1-2H3,(H,19,22). The molecule has 0 unspecified atom stereocenters. The molecule has 0 aromatic heterocycles. The summed E-state index contributed by atoms with van der Waals surface area (Å²) in [7, 11) is 0. The Morgan fingerprint density at radius 2 is 1.88 bits per heavy atom. The van der Waals surface area contributed by atoms with Gasteiger partial charge in [0, 0.05) is 23.4 Å². The van der Waals surface area contributed by atoms with Gasteiger partial charge in [-0.1, -0.05) is 0 Å². The highest BCUT2D eigenvalue weighted by Crippen LogP contribution is 2.34. The number of nitrogens with one attached hydrogen (secondary N) is 1. The quantitative estimate of drug-likeness (QED) is 0.680. The van der Waals surface area contributed by atoms with E-state index in [-0.39, 0.29) is 23.5 Å². The normalized spacial score (nSPS) is 15.0. The summed E-state index contributed by atoms with van der Waals surface area (Å²) in [5, 5.41) is 13.3. The summed E-state index contributed by atoms with van der Waals surface area (Å²) in [6.45, 7) is 3.69. The molecule has 2 aromatic carbocycles. The van der Waals surface area contributed by atoms with Crippen LogP contribution in [-0.4, -0.2) is 22.2 Å². The lowest BCUT2D eigenvalue weighted by atomic mass is 9.93. The van der Waals surface area contributed by atoms with Crippen molar-refractivity contribution in [2.24, 2.45) is 0 Å². The number of carbonyl (C=O) groups is 2. The Labute approximate surface area is 143 Å². The first-order chi connectivity index (χ1) is 11.7. The smallest absolute Gasteiger partial charge is 0.269 e.